The summed E-state index contributed by atoms with van der Waals surface area (Å²) in [6.07, 6.45) is 0. The van der Waals surface area contributed by atoms with E-state index in [0.717, 1.165) is 5.56 Å². The first kappa shape index (κ1) is 24.5. The number of carbonyl (C=O) groups excluding carboxylic acids is 1. The Hall–Kier alpha value is -2.59. The van der Waals surface area contributed by atoms with Crippen LogP contribution in [0.3, 0.4) is 0 Å². The summed E-state index contributed by atoms with van der Waals surface area (Å²) in [5.74, 6) is 0.880. The highest BCUT2D eigenvalue weighted by atomic mass is 79.9. The number of carbonyl (C=O) groups is 1. The molecule has 0 atom stereocenters. The fraction of sp³-hybridized carbons (Fsp3) is 0.333. The molecule has 0 unspecified atom stereocenters. The molecule has 8 nitrogen and oxygen atoms in total. The van der Waals surface area contributed by atoms with Crippen molar-refractivity contribution in [2.75, 3.05) is 47.1 Å². The number of amides is 1. The number of nitrogens with zero attached hydrogens (tertiary/aromatic N) is 1. The summed E-state index contributed by atoms with van der Waals surface area (Å²) in [6, 6.07) is 8.70. The summed E-state index contributed by atoms with van der Waals surface area (Å²) in [5.41, 5.74) is 1.49. The number of fused-ring (bicyclic) bond motifs is 1. The largest absolute Gasteiger partial charge is 0.495 e. The molecule has 0 bridgehead atoms. The van der Waals surface area contributed by atoms with Gasteiger partial charge < -0.3 is 28.8 Å². The predicted octanol–water partition coefficient (Wildman–Crippen LogP) is 3.84. The van der Waals surface area contributed by atoms with Crippen molar-refractivity contribution in [2.24, 2.45) is 0 Å². The van der Waals surface area contributed by atoms with Crippen LogP contribution in [0, 0.1) is 0 Å². The first-order chi connectivity index (χ1) is 16.4. The van der Waals surface area contributed by atoms with Gasteiger partial charge in [-0.05, 0) is 51.8 Å². The van der Waals surface area contributed by atoms with Crippen molar-refractivity contribution in [2.45, 2.75) is 6.54 Å². The highest BCUT2D eigenvalue weighted by Crippen LogP contribution is 2.37. The van der Waals surface area contributed by atoms with E-state index in [4.69, 9.17) is 30.2 Å². The van der Waals surface area contributed by atoms with E-state index in [9.17, 15) is 9.59 Å². The first-order valence-corrected chi connectivity index (χ1v) is 11.8. The van der Waals surface area contributed by atoms with Crippen LogP contribution in [0.25, 0.3) is 22.3 Å². The third-order valence-corrected chi connectivity index (χ3v) is 6.44. The van der Waals surface area contributed by atoms with E-state index >= 15 is 0 Å². The Bertz CT molecular complexity index is 1270. The SMILES string of the molecule is COc1ccc(-c2oc3c(Br)cc(CNCC(=O)N4CCOCC4)cc3c(=O)c2OC)cc1Cl. The number of methoxy groups -OCH3 is 2. The number of hydrogen-bond acceptors (Lipinski definition) is 7. The lowest BCUT2D eigenvalue weighted by atomic mass is 10.1. The van der Waals surface area contributed by atoms with E-state index < -0.39 is 0 Å². The molecule has 1 fully saturated rings. The van der Waals surface area contributed by atoms with Crippen molar-refractivity contribution in [1.29, 1.82) is 0 Å². The van der Waals surface area contributed by atoms with E-state index in [-0.39, 0.29) is 29.4 Å². The molecule has 34 heavy (non-hydrogen) atoms. The van der Waals surface area contributed by atoms with Crippen LogP contribution in [0.15, 0.2) is 44.0 Å². The Morgan fingerprint density at radius 2 is 1.94 bits per heavy atom. The van der Waals surface area contributed by atoms with Gasteiger partial charge >= 0.3 is 0 Å². The van der Waals surface area contributed by atoms with Gasteiger partial charge in [0.15, 0.2) is 11.3 Å². The molecule has 2 aromatic carbocycles. The summed E-state index contributed by atoms with van der Waals surface area (Å²) in [6.45, 7) is 2.93. The second-order valence-electron chi connectivity index (χ2n) is 7.69. The second kappa shape index (κ2) is 10.8. The zero-order chi connectivity index (χ0) is 24.2. The zero-order valence-electron chi connectivity index (χ0n) is 18.8. The van der Waals surface area contributed by atoms with Gasteiger partial charge in [0.1, 0.15) is 5.75 Å². The van der Waals surface area contributed by atoms with E-state index in [1.807, 2.05) is 6.07 Å². The van der Waals surface area contributed by atoms with Crippen LogP contribution in [0.4, 0.5) is 0 Å². The van der Waals surface area contributed by atoms with Crippen molar-refractivity contribution in [1.82, 2.24) is 10.2 Å². The molecule has 3 aromatic rings. The van der Waals surface area contributed by atoms with E-state index in [0.29, 0.717) is 64.6 Å². The quantitative estimate of drug-likeness (QED) is 0.477. The van der Waals surface area contributed by atoms with Crippen molar-refractivity contribution < 1.29 is 23.4 Å². The molecule has 10 heteroatoms. The summed E-state index contributed by atoms with van der Waals surface area (Å²) < 4.78 is 22.6. The molecular weight excluding hydrogens is 528 g/mol. The molecule has 4 rings (SSSR count). The standard InChI is InChI=1S/C24H24BrClN2O6/c1-31-19-4-3-15(11-18(19)26)22-24(32-2)21(30)16-9-14(10-17(25)23(16)34-22)12-27-13-20(29)28-5-7-33-8-6-28/h3-4,9-11,27H,5-8,12-13H2,1-2H3. The summed E-state index contributed by atoms with van der Waals surface area (Å²) in [4.78, 5) is 27.4. The number of halogens is 2. The molecule has 0 saturated carbocycles. The average molecular weight is 552 g/mol. The van der Waals surface area contributed by atoms with Crippen LogP contribution in [-0.2, 0) is 16.1 Å². The smallest absolute Gasteiger partial charge is 0.236 e. The summed E-state index contributed by atoms with van der Waals surface area (Å²) in [7, 11) is 2.95. The van der Waals surface area contributed by atoms with Crippen LogP contribution in [-0.4, -0.2) is 57.9 Å². The minimum Gasteiger partial charge on any atom is -0.495 e. The van der Waals surface area contributed by atoms with Crippen LogP contribution in [0.2, 0.25) is 5.02 Å². The van der Waals surface area contributed by atoms with Gasteiger partial charge in [0.2, 0.25) is 17.1 Å². The van der Waals surface area contributed by atoms with E-state index in [1.165, 1.54) is 14.2 Å². The molecule has 0 spiro atoms. The second-order valence-corrected chi connectivity index (χ2v) is 8.96. The number of rotatable bonds is 7. The lowest BCUT2D eigenvalue weighted by Crippen LogP contribution is -2.44. The first-order valence-electron chi connectivity index (χ1n) is 10.7. The number of ether oxygens (including phenoxy) is 3. The van der Waals surface area contributed by atoms with E-state index in [1.54, 1.807) is 29.2 Å². The van der Waals surface area contributed by atoms with Crippen molar-refractivity contribution >= 4 is 44.4 Å². The number of nitrogens with one attached hydrogen (secondary N) is 1. The molecule has 1 N–H and O–H groups in total. The number of benzene rings is 2. The monoisotopic (exact) mass is 550 g/mol. The molecule has 2 heterocycles. The van der Waals surface area contributed by atoms with Gasteiger partial charge in [0, 0.05) is 25.2 Å². The molecule has 1 aliphatic rings. The molecule has 180 valence electrons. The van der Waals surface area contributed by atoms with Gasteiger partial charge in [-0.15, -0.1) is 0 Å². The number of morpholine rings is 1. The zero-order valence-corrected chi connectivity index (χ0v) is 21.1. The Morgan fingerprint density at radius 1 is 1.18 bits per heavy atom. The van der Waals surface area contributed by atoms with Gasteiger partial charge in [0.25, 0.3) is 0 Å². The lowest BCUT2D eigenvalue weighted by Gasteiger charge is -2.26. The highest BCUT2D eigenvalue weighted by Gasteiger charge is 2.20. The normalized spacial score (nSPS) is 13.8. The van der Waals surface area contributed by atoms with Crippen LogP contribution in [0.5, 0.6) is 11.5 Å². The lowest BCUT2D eigenvalue weighted by molar-refractivity contribution is -0.134. The van der Waals surface area contributed by atoms with Crippen LogP contribution >= 0.6 is 27.5 Å². The topological polar surface area (TPSA) is 90.2 Å². The van der Waals surface area contributed by atoms with Crippen molar-refractivity contribution in [3.63, 3.8) is 0 Å². The fourth-order valence-corrected chi connectivity index (χ4v) is 4.67. The Morgan fingerprint density at radius 3 is 2.62 bits per heavy atom. The molecule has 1 aliphatic heterocycles. The van der Waals surface area contributed by atoms with Gasteiger partial charge in [-0.1, -0.05) is 11.6 Å². The fourth-order valence-electron chi connectivity index (χ4n) is 3.82. The van der Waals surface area contributed by atoms with Gasteiger partial charge in [-0.3, -0.25) is 9.59 Å². The number of hydrogen-bond donors (Lipinski definition) is 1. The van der Waals surface area contributed by atoms with Crippen molar-refractivity contribution in [3.8, 4) is 22.8 Å². The molecular formula is C24H24BrClN2O6. The van der Waals surface area contributed by atoms with Crippen LogP contribution < -0.4 is 20.2 Å². The van der Waals surface area contributed by atoms with Gasteiger partial charge in [0.05, 0.1) is 48.9 Å². The van der Waals surface area contributed by atoms with Crippen molar-refractivity contribution in [3.05, 3.63) is 55.6 Å². The molecule has 1 aromatic heterocycles. The third-order valence-electron chi connectivity index (χ3n) is 5.55. The third kappa shape index (κ3) is 5.07. The molecule has 0 aliphatic carbocycles. The minimum absolute atomic E-state index is 0.0205. The Balaban J connectivity index is 1.61. The van der Waals surface area contributed by atoms with Gasteiger partial charge in [-0.25, -0.2) is 0 Å². The Kier molecular flexibility index (Phi) is 7.77. The molecule has 1 amide bonds. The minimum atomic E-state index is -0.308. The predicted molar refractivity (Wildman–Crippen MR) is 133 cm³/mol. The maximum atomic E-state index is 13.3. The molecule has 0 radical (unpaired) electrons. The molecule has 1 saturated heterocycles. The highest BCUT2D eigenvalue weighted by molar-refractivity contribution is 9.10. The summed E-state index contributed by atoms with van der Waals surface area (Å²) >= 11 is 9.79. The van der Waals surface area contributed by atoms with Gasteiger partial charge in [-0.2, -0.15) is 0 Å². The maximum Gasteiger partial charge on any atom is 0.236 e. The average Bonchev–Trinajstić information content (AvgIpc) is 2.85. The Labute approximate surface area is 209 Å². The van der Waals surface area contributed by atoms with E-state index in [2.05, 4.69) is 21.2 Å². The summed E-state index contributed by atoms with van der Waals surface area (Å²) in [5, 5.41) is 3.90. The van der Waals surface area contributed by atoms with Crippen LogP contribution in [0.1, 0.15) is 5.56 Å². The maximum absolute atomic E-state index is 13.3.